The van der Waals surface area contributed by atoms with E-state index in [2.05, 4.69) is 85.1 Å². The molecule has 0 aromatic heterocycles. The van der Waals surface area contributed by atoms with Crippen LogP contribution in [-0.4, -0.2) is 19.2 Å². The van der Waals surface area contributed by atoms with E-state index in [1.54, 1.807) is 0 Å². The maximum atomic E-state index is 12.9. The molecular formula is C29H30N2O2. The highest BCUT2D eigenvalue weighted by atomic mass is 16.5. The maximum absolute atomic E-state index is 12.9. The number of hydrogen-bond acceptors (Lipinski definition) is 2. The Morgan fingerprint density at radius 2 is 1.58 bits per heavy atom. The largest absolute Gasteiger partial charge is 0.493 e. The number of rotatable bonds is 3. The summed E-state index contributed by atoms with van der Waals surface area (Å²) in [6, 6.07) is 21.8. The second-order valence-electron chi connectivity index (χ2n) is 9.75. The predicted molar refractivity (Wildman–Crippen MR) is 130 cm³/mol. The fourth-order valence-electron chi connectivity index (χ4n) is 6.25. The van der Waals surface area contributed by atoms with Crippen molar-refractivity contribution in [3.63, 3.8) is 0 Å². The van der Waals surface area contributed by atoms with Crippen molar-refractivity contribution < 1.29 is 9.53 Å². The van der Waals surface area contributed by atoms with Gasteiger partial charge >= 0.3 is 6.03 Å². The molecule has 0 saturated carbocycles. The highest BCUT2D eigenvalue weighted by Gasteiger charge is 2.43. The molecule has 168 valence electrons. The first-order chi connectivity index (χ1) is 16.1. The number of carbonyl (C=O) groups excluding carboxylic acids is 1. The zero-order valence-electron chi connectivity index (χ0n) is 19.2. The van der Waals surface area contributed by atoms with Crippen LogP contribution >= 0.6 is 0 Å². The molecule has 3 aromatic carbocycles. The van der Waals surface area contributed by atoms with Crippen molar-refractivity contribution in [1.29, 1.82) is 0 Å². The van der Waals surface area contributed by atoms with Crippen LogP contribution in [0, 0.1) is 19.8 Å². The van der Waals surface area contributed by atoms with Crippen LogP contribution in [0.5, 0.6) is 5.75 Å². The van der Waals surface area contributed by atoms with Crippen molar-refractivity contribution in [3.05, 3.63) is 99.6 Å². The van der Waals surface area contributed by atoms with Gasteiger partial charge in [0.05, 0.1) is 12.6 Å². The van der Waals surface area contributed by atoms with E-state index in [1.165, 1.54) is 27.8 Å². The van der Waals surface area contributed by atoms with Crippen molar-refractivity contribution in [2.45, 2.75) is 44.6 Å². The minimum Gasteiger partial charge on any atom is -0.493 e. The average molecular weight is 439 g/mol. The van der Waals surface area contributed by atoms with Gasteiger partial charge in [-0.15, -0.1) is 0 Å². The Morgan fingerprint density at radius 1 is 0.909 bits per heavy atom. The molecule has 1 unspecified atom stereocenters. The molecular weight excluding hydrogens is 408 g/mol. The molecule has 0 fully saturated rings. The van der Waals surface area contributed by atoms with Crippen molar-refractivity contribution in [2.24, 2.45) is 5.92 Å². The van der Waals surface area contributed by atoms with Gasteiger partial charge < -0.3 is 15.4 Å². The second-order valence-corrected chi connectivity index (χ2v) is 9.75. The maximum Gasteiger partial charge on any atom is 0.315 e. The van der Waals surface area contributed by atoms with Crippen LogP contribution < -0.4 is 15.4 Å². The van der Waals surface area contributed by atoms with E-state index in [1.807, 2.05) is 0 Å². The zero-order chi connectivity index (χ0) is 22.5. The summed E-state index contributed by atoms with van der Waals surface area (Å²) in [4.78, 5) is 12.9. The van der Waals surface area contributed by atoms with Crippen LogP contribution in [-0.2, 0) is 0 Å². The van der Waals surface area contributed by atoms with Gasteiger partial charge in [0.1, 0.15) is 5.75 Å². The van der Waals surface area contributed by atoms with Gasteiger partial charge in [-0.25, -0.2) is 4.79 Å². The van der Waals surface area contributed by atoms with E-state index >= 15 is 0 Å². The van der Waals surface area contributed by atoms with Crippen LogP contribution in [0.4, 0.5) is 4.79 Å². The van der Waals surface area contributed by atoms with Gasteiger partial charge in [-0.2, -0.15) is 0 Å². The number of nitrogens with one attached hydrogen (secondary N) is 2. The highest BCUT2D eigenvalue weighted by Crippen LogP contribution is 2.55. The lowest BCUT2D eigenvalue weighted by Gasteiger charge is -2.45. The molecule has 2 amide bonds. The Hall–Kier alpha value is -3.27. The predicted octanol–water partition coefficient (Wildman–Crippen LogP) is 5.72. The quantitative estimate of drug-likeness (QED) is 0.549. The second kappa shape index (κ2) is 7.95. The summed E-state index contributed by atoms with van der Waals surface area (Å²) in [6.07, 6.45) is 1.87. The molecule has 2 N–H and O–H groups in total. The van der Waals surface area contributed by atoms with Crippen LogP contribution in [0.25, 0.3) is 0 Å². The Morgan fingerprint density at radius 3 is 2.27 bits per heavy atom. The van der Waals surface area contributed by atoms with E-state index in [-0.39, 0.29) is 12.1 Å². The first-order valence-electron chi connectivity index (χ1n) is 12.1. The van der Waals surface area contributed by atoms with E-state index in [9.17, 15) is 4.79 Å². The van der Waals surface area contributed by atoms with E-state index in [0.29, 0.717) is 30.9 Å². The number of aryl methyl sites for hydroxylation is 1. The third kappa shape index (κ3) is 3.31. The normalized spacial score (nSPS) is 24.2. The van der Waals surface area contributed by atoms with E-state index in [0.717, 1.165) is 29.7 Å². The van der Waals surface area contributed by atoms with Crippen molar-refractivity contribution in [2.75, 3.05) is 13.2 Å². The molecule has 7 rings (SSSR count). The fraction of sp³-hybridized carbons (Fsp3) is 0.345. The summed E-state index contributed by atoms with van der Waals surface area (Å²) in [7, 11) is 0. The molecule has 0 radical (unpaired) electrons. The number of carbonyl (C=O) groups is 1. The van der Waals surface area contributed by atoms with Gasteiger partial charge in [-0.3, -0.25) is 0 Å². The third-order valence-corrected chi connectivity index (χ3v) is 7.99. The monoisotopic (exact) mass is 438 g/mol. The van der Waals surface area contributed by atoms with E-state index < -0.39 is 0 Å². The van der Waals surface area contributed by atoms with Crippen LogP contribution in [0.2, 0.25) is 0 Å². The minimum atomic E-state index is -0.0888. The van der Waals surface area contributed by atoms with Crippen LogP contribution in [0.15, 0.2) is 60.7 Å². The van der Waals surface area contributed by atoms with E-state index in [4.69, 9.17) is 4.74 Å². The standard InChI is InChI=1S/C29H30N2O2/c1-17-11-12-24-26(13-14-33-28(24)18(17)2)31-29(32)30-16-19-15-25-20-7-3-5-9-22(20)27(19)23-10-6-4-8-21(23)25/h3-12,19,25-27H,13-16H2,1-2H3,(H2,30,31,32)/t19?,25?,26-,27?/m0/s1. The molecule has 1 heterocycles. The average Bonchev–Trinajstić information content (AvgIpc) is 2.85. The molecule has 3 aromatic rings. The molecule has 0 spiro atoms. The smallest absolute Gasteiger partial charge is 0.315 e. The molecule has 2 atom stereocenters. The number of amides is 2. The first-order valence-corrected chi connectivity index (χ1v) is 12.1. The molecule has 4 aliphatic rings. The summed E-state index contributed by atoms with van der Waals surface area (Å²) in [5, 5.41) is 6.43. The van der Waals surface area contributed by atoms with Gasteiger partial charge in [0.2, 0.25) is 0 Å². The molecule has 2 bridgehead atoms. The number of fused-ring (bicyclic) bond motifs is 2. The lowest BCUT2D eigenvalue weighted by atomic mass is 9.59. The number of benzene rings is 3. The molecule has 0 saturated heterocycles. The molecule has 1 aliphatic heterocycles. The van der Waals surface area contributed by atoms with Gasteiger partial charge in [-0.1, -0.05) is 60.7 Å². The molecule has 4 heteroatoms. The Kier molecular flexibility index (Phi) is 4.90. The topological polar surface area (TPSA) is 50.4 Å². The summed E-state index contributed by atoms with van der Waals surface area (Å²) < 4.78 is 5.93. The Labute approximate surface area is 195 Å². The first kappa shape index (κ1) is 20.3. The fourth-order valence-corrected chi connectivity index (χ4v) is 6.25. The number of ether oxygens (including phenoxy) is 1. The molecule has 3 aliphatic carbocycles. The summed E-state index contributed by atoms with van der Waals surface area (Å²) in [6.45, 7) is 5.49. The highest BCUT2D eigenvalue weighted by molar-refractivity contribution is 5.75. The van der Waals surface area contributed by atoms with Crippen molar-refractivity contribution in [1.82, 2.24) is 10.6 Å². The van der Waals surface area contributed by atoms with Crippen LogP contribution in [0.3, 0.4) is 0 Å². The van der Waals surface area contributed by atoms with Gasteiger partial charge in [0.15, 0.2) is 0 Å². The molecule has 4 nitrogen and oxygen atoms in total. The number of hydrogen-bond donors (Lipinski definition) is 2. The third-order valence-electron chi connectivity index (χ3n) is 7.99. The van der Waals surface area contributed by atoms with Gasteiger partial charge in [-0.05, 0) is 59.6 Å². The Bertz CT molecular complexity index is 1190. The number of urea groups is 1. The lowest BCUT2D eigenvalue weighted by molar-refractivity contribution is 0.219. The SMILES string of the molecule is Cc1ccc2c(c1C)OCC[C@@H]2NC(=O)NCC1CC2c3ccccc3C1c1ccccc12. The van der Waals surface area contributed by atoms with Gasteiger partial charge in [0.25, 0.3) is 0 Å². The molecule has 33 heavy (non-hydrogen) atoms. The van der Waals surface area contributed by atoms with Crippen LogP contribution in [0.1, 0.15) is 69.7 Å². The summed E-state index contributed by atoms with van der Waals surface area (Å²) in [5.41, 5.74) is 9.26. The lowest BCUT2D eigenvalue weighted by Crippen LogP contribution is -2.44. The van der Waals surface area contributed by atoms with Crippen molar-refractivity contribution >= 4 is 6.03 Å². The van der Waals surface area contributed by atoms with Crippen molar-refractivity contribution in [3.8, 4) is 5.75 Å². The minimum absolute atomic E-state index is 0.0164. The van der Waals surface area contributed by atoms with Gasteiger partial charge in [0, 0.05) is 30.4 Å². The Balaban J connectivity index is 1.18. The summed E-state index contributed by atoms with van der Waals surface area (Å²) in [5.74, 6) is 2.10. The zero-order valence-corrected chi connectivity index (χ0v) is 19.2. The summed E-state index contributed by atoms with van der Waals surface area (Å²) >= 11 is 0.